The average Bonchev–Trinajstić information content (AvgIpc) is 3.50. The number of amides is 4. The van der Waals surface area contributed by atoms with Crippen molar-refractivity contribution < 1.29 is 28.7 Å². The molecular formula is C27H38N6O6S. The highest BCUT2D eigenvalue weighted by molar-refractivity contribution is 8.01. The molecule has 4 amide bonds. The van der Waals surface area contributed by atoms with E-state index in [1.807, 2.05) is 20.8 Å². The number of methoxy groups -OCH3 is 1. The van der Waals surface area contributed by atoms with Crippen molar-refractivity contribution >= 4 is 41.4 Å². The van der Waals surface area contributed by atoms with Gasteiger partial charge in [0.25, 0.3) is 5.91 Å². The van der Waals surface area contributed by atoms with Gasteiger partial charge in [-0.1, -0.05) is 40.0 Å². The number of rotatable bonds is 7. The molecular weight excluding hydrogens is 536 g/mol. The first-order valence-corrected chi connectivity index (χ1v) is 14.6. The molecule has 12 nitrogen and oxygen atoms in total. The Morgan fingerprint density at radius 1 is 1.15 bits per heavy atom. The number of aromatic nitrogens is 2. The van der Waals surface area contributed by atoms with Crippen molar-refractivity contribution in [1.82, 2.24) is 30.8 Å². The molecule has 0 aromatic carbocycles. The Morgan fingerprint density at radius 2 is 1.88 bits per heavy atom. The number of hydrogen-bond acceptors (Lipinski definition) is 9. The zero-order valence-corrected chi connectivity index (χ0v) is 24.2. The van der Waals surface area contributed by atoms with Crippen LogP contribution in [0.5, 0.6) is 0 Å². The van der Waals surface area contributed by atoms with E-state index in [-0.39, 0.29) is 36.2 Å². The monoisotopic (exact) mass is 574 g/mol. The first kappa shape index (κ1) is 29.8. The van der Waals surface area contributed by atoms with Crippen LogP contribution in [0.3, 0.4) is 0 Å². The van der Waals surface area contributed by atoms with Crippen LogP contribution >= 0.6 is 11.8 Å². The van der Waals surface area contributed by atoms with Gasteiger partial charge in [-0.25, -0.2) is 9.78 Å². The lowest BCUT2D eigenvalue weighted by atomic mass is 9.82. The highest BCUT2D eigenvalue weighted by atomic mass is 32.2. The van der Waals surface area contributed by atoms with Crippen LogP contribution in [0.4, 0.5) is 0 Å². The molecule has 4 atom stereocenters. The quantitative estimate of drug-likeness (QED) is 0.404. The summed E-state index contributed by atoms with van der Waals surface area (Å²) < 4.78 is 4.99. The third-order valence-corrected chi connectivity index (χ3v) is 9.17. The first-order valence-electron chi connectivity index (χ1n) is 13.6. The molecule has 2 aliphatic heterocycles. The molecule has 40 heavy (non-hydrogen) atoms. The fraction of sp³-hybridized carbons (Fsp3) is 0.667. The van der Waals surface area contributed by atoms with Crippen LogP contribution in [-0.4, -0.2) is 86.9 Å². The van der Waals surface area contributed by atoms with Crippen LogP contribution in [0.2, 0.25) is 0 Å². The van der Waals surface area contributed by atoms with Gasteiger partial charge in [0.2, 0.25) is 17.7 Å². The van der Waals surface area contributed by atoms with Crippen molar-refractivity contribution in [2.45, 2.75) is 82.3 Å². The fourth-order valence-electron chi connectivity index (χ4n) is 5.72. The standard InChI is InChI=1S/C27H38N6O6S/c1-26(2,3)21(24(37)33-15-27(32-19(34)14-40-27)12-18(33)25(38)39-4)31-23(36)20(16-8-6-5-7-9-16)30-22(35)17-13-28-10-11-29-17/h10-11,13,16,18,20-21H,5-9,12,14-15H2,1-4H3,(H,30,35)(H,31,36)(H,32,34)/t18?,20-,21?,27?/m0/s1. The molecule has 3 fully saturated rings. The van der Waals surface area contributed by atoms with Crippen LogP contribution in [0.25, 0.3) is 0 Å². The van der Waals surface area contributed by atoms with Crippen LogP contribution in [0, 0.1) is 11.3 Å². The molecule has 4 rings (SSSR count). The van der Waals surface area contributed by atoms with E-state index >= 15 is 0 Å². The van der Waals surface area contributed by atoms with Gasteiger partial charge >= 0.3 is 5.97 Å². The largest absolute Gasteiger partial charge is 0.467 e. The van der Waals surface area contributed by atoms with Gasteiger partial charge in [0.05, 0.1) is 25.6 Å². The van der Waals surface area contributed by atoms with Crippen molar-refractivity contribution in [3.8, 4) is 0 Å². The zero-order chi connectivity index (χ0) is 29.1. The van der Waals surface area contributed by atoms with Gasteiger partial charge in [-0.3, -0.25) is 24.2 Å². The second-order valence-corrected chi connectivity index (χ2v) is 13.1. The van der Waals surface area contributed by atoms with Crippen LogP contribution in [0.15, 0.2) is 18.6 Å². The van der Waals surface area contributed by atoms with E-state index in [0.29, 0.717) is 0 Å². The Hall–Kier alpha value is -3.22. The number of hydrogen-bond donors (Lipinski definition) is 3. The Balaban J connectivity index is 1.58. The molecule has 3 aliphatic rings. The van der Waals surface area contributed by atoms with Gasteiger partial charge in [-0.15, -0.1) is 11.8 Å². The van der Waals surface area contributed by atoms with Gasteiger partial charge in [0.15, 0.2) is 0 Å². The van der Waals surface area contributed by atoms with Crippen molar-refractivity contribution in [1.29, 1.82) is 0 Å². The Labute approximate surface area is 238 Å². The lowest BCUT2D eigenvalue weighted by molar-refractivity contribution is -0.153. The van der Waals surface area contributed by atoms with Crippen molar-refractivity contribution in [2.75, 3.05) is 19.4 Å². The fourth-order valence-corrected chi connectivity index (χ4v) is 6.89. The number of carbonyl (C=O) groups excluding carboxylic acids is 5. The number of esters is 1. The molecule has 1 spiro atoms. The molecule has 0 bridgehead atoms. The maximum absolute atomic E-state index is 14.1. The summed E-state index contributed by atoms with van der Waals surface area (Å²) in [5.74, 6) is -2.03. The summed E-state index contributed by atoms with van der Waals surface area (Å²) in [4.78, 5) is 74.3. The second-order valence-electron chi connectivity index (χ2n) is 11.8. The number of nitrogens with one attached hydrogen (secondary N) is 3. The third kappa shape index (κ3) is 6.56. The molecule has 3 unspecified atom stereocenters. The highest BCUT2D eigenvalue weighted by Gasteiger charge is 2.55. The number of carbonyl (C=O) groups is 5. The van der Waals surface area contributed by atoms with Crippen LogP contribution < -0.4 is 16.0 Å². The average molecular weight is 575 g/mol. The number of nitrogens with zero attached hydrogens (tertiary/aromatic N) is 3. The number of ether oxygens (including phenoxy) is 1. The van der Waals surface area contributed by atoms with Gasteiger partial charge < -0.3 is 25.6 Å². The van der Waals surface area contributed by atoms with Crippen molar-refractivity contribution in [3.63, 3.8) is 0 Å². The minimum Gasteiger partial charge on any atom is -0.467 e. The minimum absolute atomic E-state index is 0.0963. The molecule has 1 aromatic heterocycles. The summed E-state index contributed by atoms with van der Waals surface area (Å²) in [5, 5.41) is 8.69. The number of likely N-dealkylation sites (tertiary alicyclic amines) is 1. The van der Waals surface area contributed by atoms with Gasteiger partial charge in [0.1, 0.15) is 28.7 Å². The molecule has 218 valence electrons. The molecule has 2 saturated heterocycles. The van der Waals surface area contributed by atoms with Gasteiger partial charge in [-0.05, 0) is 24.2 Å². The Kier molecular flexibility index (Phi) is 9.01. The Morgan fingerprint density at radius 3 is 2.45 bits per heavy atom. The lowest BCUT2D eigenvalue weighted by Gasteiger charge is -2.37. The van der Waals surface area contributed by atoms with Gasteiger partial charge in [0, 0.05) is 18.8 Å². The molecule has 3 heterocycles. The highest BCUT2D eigenvalue weighted by Crippen LogP contribution is 2.41. The Bertz CT molecular complexity index is 1140. The predicted molar refractivity (Wildman–Crippen MR) is 147 cm³/mol. The smallest absolute Gasteiger partial charge is 0.328 e. The number of thioether (sulfide) groups is 1. The van der Waals surface area contributed by atoms with E-state index in [0.717, 1.165) is 32.1 Å². The zero-order valence-electron chi connectivity index (χ0n) is 23.4. The summed E-state index contributed by atoms with van der Waals surface area (Å²) in [6.45, 7) is 5.60. The lowest BCUT2D eigenvalue weighted by Crippen LogP contribution is -2.61. The van der Waals surface area contributed by atoms with E-state index in [4.69, 9.17) is 4.74 Å². The maximum atomic E-state index is 14.1. The molecule has 13 heteroatoms. The molecule has 0 radical (unpaired) electrons. The summed E-state index contributed by atoms with van der Waals surface area (Å²) in [6.07, 6.45) is 8.90. The van der Waals surface area contributed by atoms with E-state index in [2.05, 4.69) is 25.9 Å². The topological polar surface area (TPSA) is 160 Å². The van der Waals surface area contributed by atoms with Gasteiger partial charge in [-0.2, -0.15) is 0 Å². The first-order chi connectivity index (χ1) is 18.9. The predicted octanol–water partition coefficient (Wildman–Crippen LogP) is 1.02. The second kappa shape index (κ2) is 12.1. The van der Waals surface area contributed by atoms with E-state index in [1.165, 1.54) is 42.4 Å². The maximum Gasteiger partial charge on any atom is 0.328 e. The summed E-state index contributed by atoms with van der Waals surface area (Å²) in [7, 11) is 1.26. The normalized spacial score (nSPS) is 24.8. The minimum atomic E-state index is -1.01. The van der Waals surface area contributed by atoms with Crippen LogP contribution in [-0.2, 0) is 23.9 Å². The summed E-state index contributed by atoms with van der Waals surface area (Å²) in [6, 6.07) is -2.79. The van der Waals surface area contributed by atoms with E-state index in [1.54, 1.807) is 0 Å². The van der Waals surface area contributed by atoms with E-state index in [9.17, 15) is 24.0 Å². The van der Waals surface area contributed by atoms with E-state index < -0.39 is 52.1 Å². The summed E-state index contributed by atoms with van der Waals surface area (Å²) in [5.41, 5.74) is -0.639. The van der Waals surface area contributed by atoms with Crippen molar-refractivity contribution in [3.05, 3.63) is 24.3 Å². The molecule has 1 aliphatic carbocycles. The third-order valence-electron chi connectivity index (χ3n) is 7.81. The van der Waals surface area contributed by atoms with Crippen LogP contribution in [0.1, 0.15) is 69.8 Å². The molecule has 1 aromatic rings. The van der Waals surface area contributed by atoms with Crippen molar-refractivity contribution in [2.24, 2.45) is 11.3 Å². The molecule has 3 N–H and O–H groups in total. The summed E-state index contributed by atoms with van der Waals surface area (Å²) >= 11 is 1.37. The molecule has 1 saturated carbocycles. The SMILES string of the molecule is COC(=O)C1CC2(CN1C(=O)C(NC(=O)[C@@H](NC(=O)c1cnccn1)C1CCCCC1)C(C)(C)C)NC(=O)CS2.